The predicted molar refractivity (Wildman–Crippen MR) is 59.5 cm³/mol. The standard InChI is InChI=1S/C13H16O2/c1-2-5-12(14)11-8-3-6-10-7-4-9-15-13(10)11/h3,6,8H,2,4-5,7,9H2,1H3. The summed E-state index contributed by atoms with van der Waals surface area (Å²) < 4.78 is 5.60. The van der Waals surface area contributed by atoms with Crippen molar-refractivity contribution in [1.29, 1.82) is 0 Å². The van der Waals surface area contributed by atoms with E-state index in [1.54, 1.807) is 0 Å². The summed E-state index contributed by atoms with van der Waals surface area (Å²) in [4.78, 5) is 11.8. The Labute approximate surface area is 90.3 Å². The third-order valence-corrected chi connectivity index (χ3v) is 2.71. The molecule has 0 bridgehead atoms. The molecule has 15 heavy (non-hydrogen) atoms. The molecule has 0 atom stereocenters. The molecule has 2 nitrogen and oxygen atoms in total. The summed E-state index contributed by atoms with van der Waals surface area (Å²) in [5, 5.41) is 0. The number of benzene rings is 1. The number of fused-ring (bicyclic) bond motifs is 1. The van der Waals surface area contributed by atoms with Gasteiger partial charge in [-0.05, 0) is 30.9 Å². The molecule has 1 aromatic rings. The van der Waals surface area contributed by atoms with E-state index in [4.69, 9.17) is 4.74 Å². The number of rotatable bonds is 3. The average Bonchev–Trinajstić information content (AvgIpc) is 2.28. The predicted octanol–water partition coefficient (Wildman–Crippen LogP) is 2.99. The van der Waals surface area contributed by atoms with E-state index in [1.807, 2.05) is 19.1 Å². The van der Waals surface area contributed by atoms with Crippen molar-refractivity contribution in [2.24, 2.45) is 0 Å². The Hall–Kier alpha value is -1.31. The third-order valence-electron chi connectivity index (χ3n) is 2.71. The zero-order chi connectivity index (χ0) is 10.7. The molecular formula is C13H16O2. The molecule has 1 aliphatic heterocycles. The monoisotopic (exact) mass is 204 g/mol. The van der Waals surface area contributed by atoms with Gasteiger partial charge in [0.2, 0.25) is 0 Å². The molecule has 2 heteroatoms. The van der Waals surface area contributed by atoms with E-state index >= 15 is 0 Å². The summed E-state index contributed by atoms with van der Waals surface area (Å²) in [6.07, 6.45) is 3.59. The minimum Gasteiger partial charge on any atom is -0.493 e. The van der Waals surface area contributed by atoms with Crippen LogP contribution < -0.4 is 4.74 Å². The molecule has 1 heterocycles. The number of ether oxygens (including phenoxy) is 1. The molecule has 0 radical (unpaired) electrons. The largest absolute Gasteiger partial charge is 0.493 e. The number of carbonyl (C=O) groups excluding carboxylic acids is 1. The summed E-state index contributed by atoms with van der Waals surface area (Å²) in [7, 11) is 0. The molecule has 0 aromatic heterocycles. The first-order chi connectivity index (χ1) is 7.33. The second kappa shape index (κ2) is 4.47. The highest BCUT2D eigenvalue weighted by Crippen LogP contribution is 2.29. The Morgan fingerprint density at radius 3 is 3.13 bits per heavy atom. The number of ketones is 1. The van der Waals surface area contributed by atoms with Crippen molar-refractivity contribution in [2.45, 2.75) is 32.6 Å². The van der Waals surface area contributed by atoms with Gasteiger partial charge in [-0.1, -0.05) is 19.1 Å². The molecule has 80 valence electrons. The zero-order valence-corrected chi connectivity index (χ0v) is 9.08. The molecule has 0 saturated carbocycles. The van der Waals surface area contributed by atoms with Crippen molar-refractivity contribution in [3.05, 3.63) is 29.3 Å². The number of hydrogen-bond donors (Lipinski definition) is 0. The van der Waals surface area contributed by atoms with E-state index in [0.29, 0.717) is 6.42 Å². The van der Waals surface area contributed by atoms with Crippen molar-refractivity contribution in [2.75, 3.05) is 6.61 Å². The lowest BCUT2D eigenvalue weighted by Gasteiger charge is -2.19. The van der Waals surface area contributed by atoms with Crippen LogP contribution >= 0.6 is 0 Å². The Morgan fingerprint density at radius 2 is 2.33 bits per heavy atom. The van der Waals surface area contributed by atoms with E-state index in [2.05, 4.69) is 6.07 Å². The van der Waals surface area contributed by atoms with Crippen LogP contribution in [0.25, 0.3) is 0 Å². The smallest absolute Gasteiger partial charge is 0.166 e. The van der Waals surface area contributed by atoms with Crippen molar-refractivity contribution < 1.29 is 9.53 Å². The average molecular weight is 204 g/mol. The zero-order valence-electron chi connectivity index (χ0n) is 9.08. The minimum atomic E-state index is 0.205. The number of para-hydroxylation sites is 1. The molecule has 0 spiro atoms. The van der Waals surface area contributed by atoms with Crippen molar-refractivity contribution in [3.63, 3.8) is 0 Å². The van der Waals surface area contributed by atoms with Gasteiger partial charge in [0.1, 0.15) is 5.75 Å². The first-order valence-electron chi connectivity index (χ1n) is 5.61. The fourth-order valence-corrected chi connectivity index (χ4v) is 1.97. The van der Waals surface area contributed by atoms with E-state index in [1.165, 1.54) is 5.56 Å². The molecule has 1 aliphatic rings. The van der Waals surface area contributed by atoms with Crippen LogP contribution in [0.3, 0.4) is 0 Å². The maximum Gasteiger partial charge on any atom is 0.166 e. The van der Waals surface area contributed by atoms with Crippen molar-refractivity contribution in [3.8, 4) is 5.75 Å². The first-order valence-corrected chi connectivity index (χ1v) is 5.61. The fourth-order valence-electron chi connectivity index (χ4n) is 1.97. The lowest BCUT2D eigenvalue weighted by Crippen LogP contribution is -2.12. The molecule has 2 rings (SSSR count). The van der Waals surface area contributed by atoms with Crippen LogP contribution in [0.1, 0.15) is 42.1 Å². The molecule has 0 amide bonds. The highest BCUT2D eigenvalue weighted by atomic mass is 16.5. The van der Waals surface area contributed by atoms with Gasteiger partial charge in [0, 0.05) is 6.42 Å². The van der Waals surface area contributed by atoms with Crippen molar-refractivity contribution in [1.82, 2.24) is 0 Å². The highest BCUT2D eigenvalue weighted by Gasteiger charge is 2.17. The van der Waals surface area contributed by atoms with Gasteiger partial charge >= 0.3 is 0 Å². The summed E-state index contributed by atoms with van der Waals surface area (Å²) in [5.41, 5.74) is 1.96. The van der Waals surface area contributed by atoms with Gasteiger partial charge in [-0.15, -0.1) is 0 Å². The minimum absolute atomic E-state index is 0.205. The van der Waals surface area contributed by atoms with E-state index < -0.39 is 0 Å². The van der Waals surface area contributed by atoms with Crippen LogP contribution in [0.5, 0.6) is 5.75 Å². The van der Waals surface area contributed by atoms with Crippen LogP contribution in [0, 0.1) is 0 Å². The molecular weight excluding hydrogens is 188 g/mol. The van der Waals surface area contributed by atoms with Crippen LogP contribution in [0.15, 0.2) is 18.2 Å². The molecule has 0 N–H and O–H groups in total. The quantitative estimate of drug-likeness (QED) is 0.707. The normalized spacial score (nSPS) is 14.2. The second-order valence-electron chi connectivity index (χ2n) is 3.92. The third kappa shape index (κ3) is 2.04. The lowest BCUT2D eigenvalue weighted by atomic mass is 9.98. The van der Waals surface area contributed by atoms with Gasteiger partial charge < -0.3 is 4.74 Å². The number of Topliss-reactive ketones (excluding diaryl/α,β-unsaturated/α-hetero) is 1. The van der Waals surface area contributed by atoms with Crippen LogP contribution in [-0.2, 0) is 6.42 Å². The molecule has 0 fully saturated rings. The molecule has 0 unspecified atom stereocenters. The van der Waals surface area contributed by atoms with Crippen LogP contribution in [0.2, 0.25) is 0 Å². The first kappa shape index (κ1) is 10.2. The number of hydrogen-bond acceptors (Lipinski definition) is 2. The molecule has 0 aliphatic carbocycles. The second-order valence-corrected chi connectivity index (χ2v) is 3.92. The van der Waals surface area contributed by atoms with Gasteiger partial charge in [0.25, 0.3) is 0 Å². The SMILES string of the molecule is CCCC(=O)c1cccc2c1OCCC2. The van der Waals surface area contributed by atoms with Crippen LogP contribution in [-0.4, -0.2) is 12.4 Å². The Bertz CT molecular complexity index is 369. The summed E-state index contributed by atoms with van der Waals surface area (Å²) >= 11 is 0. The number of aryl methyl sites for hydroxylation is 1. The van der Waals surface area contributed by atoms with Crippen molar-refractivity contribution >= 4 is 5.78 Å². The van der Waals surface area contributed by atoms with E-state index in [-0.39, 0.29) is 5.78 Å². The summed E-state index contributed by atoms with van der Waals surface area (Å²) in [6.45, 7) is 2.76. The van der Waals surface area contributed by atoms with Gasteiger partial charge in [-0.3, -0.25) is 4.79 Å². The topological polar surface area (TPSA) is 26.3 Å². The van der Waals surface area contributed by atoms with Gasteiger partial charge in [0.05, 0.1) is 12.2 Å². The summed E-state index contributed by atoms with van der Waals surface area (Å²) in [6, 6.07) is 5.88. The van der Waals surface area contributed by atoms with Crippen LogP contribution in [0.4, 0.5) is 0 Å². The van der Waals surface area contributed by atoms with Gasteiger partial charge in [-0.2, -0.15) is 0 Å². The summed E-state index contributed by atoms with van der Waals surface area (Å²) in [5.74, 6) is 1.04. The highest BCUT2D eigenvalue weighted by molar-refractivity contribution is 5.99. The maximum atomic E-state index is 11.8. The Kier molecular flexibility index (Phi) is 3.05. The fraction of sp³-hybridized carbons (Fsp3) is 0.462. The Morgan fingerprint density at radius 1 is 1.47 bits per heavy atom. The van der Waals surface area contributed by atoms with E-state index in [0.717, 1.165) is 37.2 Å². The molecule has 1 aromatic carbocycles. The Balaban J connectivity index is 2.34. The lowest BCUT2D eigenvalue weighted by molar-refractivity contribution is 0.0976. The van der Waals surface area contributed by atoms with Gasteiger partial charge in [0.15, 0.2) is 5.78 Å². The maximum absolute atomic E-state index is 11.8. The molecule has 0 saturated heterocycles. The van der Waals surface area contributed by atoms with E-state index in [9.17, 15) is 4.79 Å². The number of carbonyl (C=O) groups is 1. The van der Waals surface area contributed by atoms with Gasteiger partial charge in [-0.25, -0.2) is 0 Å².